The molecule has 0 spiro atoms. The third kappa shape index (κ3) is 3.54. The molecule has 18 heavy (non-hydrogen) atoms. The van der Waals surface area contributed by atoms with Crippen molar-refractivity contribution in [2.45, 2.75) is 0 Å². The van der Waals surface area contributed by atoms with Gasteiger partial charge in [-0.05, 0) is 48.5 Å². The normalized spacial score (nSPS) is 9.39. The minimum absolute atomic E-state index is 0.677. The molecule has 2 aromatic rings. The molecule has 0 saturated carbocycles. The topological polar surface area (TPSA) is 35.2 Å². The lowest BCUT2D eigenvalue weighted by Crippen LogP contribution is -1.86. The predicted molar refractivity (Wildman–Crippen MR) is 78.0 cm³/mol. The van der Waals surface area contributed by atoms with Gasteiger partial charge in [0, 0.05) is 11.3 Å². The molecule has 0 saturated heterocycles. The van der Waals surface area contributed by atoms with Crippen molar-refractivity contribution in [2.24, 2.45) is 0 Å². The van der Waals surface area contributed by atoms with Crippen LogP contribution in [0.4, 0.5) is 5.69 Å². The van der Waals surface area contributed by atoms with E-state index in [9.17, 15) is 0 Å². The zero-order chi connectivity index (χ0) is 12.8. The van der Waals surface area contributed by atoms with Gasteiger partial charge in [-0.2, -0.15) is 0 Å². The summed E-state index contributed by atoms with van der Waals surface area (Å²) >= 11 is 3.26. The van der Waals surface area contributed by atoms with E-state index in [1.54, 1.807) is 0 Å². The average molecular weight is 302 g/mol. The Bertz CT molecular complexity index is 564. The number of hydrogen-bond donors (Lipinski definition) is 1. The van der Waals surface area contributed by atoms with Crippen LogP contribution in [0, 0.1) is 11.8 Å². The summed E-state index contributed by atoms with van der Waals surface area (Å²) in [6, 6.07) is 15.0. The van der Waals surface area contributed by atoms with Crippen LogP contribution in [0.1, 0.15) is 5.56 Å². The van der Waals surface area contributed by atoms with Crippen LogP contribution in [0.15, 0.2) is 48.5 Å². The Morgan fingerprint density at radius 3 is 2.06 bits per heavy atom. The molecule has 2 nitrogen and oxygen atoms in total. The van der Waals surface area contributed by atoms with Gasteiger partial charge in [0.1, 0.15) is 11.5 Å². The van der Waals surface area contributed by atoms with E-state index in [1.165, 1.54) is 0 Å². The maximum absolute atomic E-state index is 5.68. The van der Waals surface area contributed by atoms with Crippen LogP contribution in [0.25, 0.3) is 0 Å². The van der Waals surface area contributed by atoms with E-state index < -0.39 is 0 Å². The van der Waals surface area contributed by atoms with Crippen molar-refractivity contribution in [2.75, 3.05) is 11.1 Å². The molecular weight excluding hydrogens is 290 g/mol. The Morgan fingerprint density at radius 1 is 0.944 bits per heavy atom. The van der Waals surface area contributed by atoms with Gasteiger partial charge in [-0.3, -0.25) is 0 Å². The number of alkyl halides is 1. The molecule has 0 bridgehead atoms. The number of halogens is 1. The Hall–Kier alpha value is -1.92. The lowest BCUT2D eigenvalue weighted by atomic mass is 10.2. The zero-order valence-corrected chi connectivity index (χ0v) is 11.3. The number of nitrogens with two attached hydrogens (primary N) is 1. The first-order chi connectivity index (χ1) is 8.78. The van der Waals surface area contributed by atoms with E-state index in [-0.39, 0.29) is 0 Å². The third-order valence-corrected chi connectivity index (χ3v) is 2.55. The van der Waals surface area contributed by atoms with Gasteiger partial charge >= 0.3 is 0 Å². The van der Waals surface area contributed by atoms with Crippen LogP contribution in [-0.4, -0.2) is 5.33 Å². The Morgan fingerprint density at radius 2 is 1.50 bits per heavy atom. The summed E-state index contributed by atoms with van der Waals surface area (Å²) in [5, 5.41) is 0.677. The number of benzene rings is 2. The second-order valence-corrected chi connectivity index (χ2v) is 4.19. The van der Waals surface area contributed by atoms with Gasteiger partial charge in [0.25, 0.3) is 0 Å². The number of nitrogen functional groups attached to an aromatic ring is 1. The van der Waals surface area contributed by atoms with Crippen molar-refractivity contribution in [3.05, 3.63) is 54.1 Å². The highest BCUT2D eigenvalue weighted by Gasteiger charge is 1.96. The van der Waals surface area contributed by atoms with Gasteiger partial charge in [0.2, 0.25) is 0 Å². The van der Waals surface area contributed by atoms with Crippen molar-refractivity contribution in [1.29, 1.82) is 0 Å². The first kappa shape index (κ1) is 12.5. The maximum Gasteiger partial charge on any atom is 0.127 e. The van der Waals surface area contributed by atoms with Crippen LogP contribution in [0.3, 0.4) is 0 Å². The molecule has 0 amide bonds. The average Bonchev–Trinajstić information content (AvgIpc) is 2.41. The Balaban J connectivity index is 2.08. The van der Waals surface area contributed by atoms with E-state index in [0.29, 0.717) is 5.33 Å². The number of ether oxygens (including phenoxy) is 1. The van der Waals surface area contributed by atoms with Crippen molar-refractivity contribution in [3.63, 3.8) is 0 Å². The number of hydrogen-bond acceptors (Lipinski definition) is 2. The van der Waals surface area contributed by atoms with Crippen LogP contribution >= 0.6 is 15.9 Å². The molecule has 2 aromatic carbocycles. The quantitative estimate of drug-likeness (QED) is 0.520. The second kappa shape index (κ2) is 6.13. The van der Waals surface area contributed by atoms with Gasteiger partial charge in [0.15, 0.2) is 0 Å². The molecular formula is C15H12BrNO. The predicted octanol–water partition coefficient (Wildman–Crippen LogP) is 3.81. The van der Waals surface area contributed by atoms with E-state index >= 15 is 0 Å². The van der Waals surface area contributed by atoms with E-state index in [0.717, 1.165) is 22.7 Å². The van der Waals surface area contributed by atoms with Crippen molar-refractivity contribution >= 4 is 21.6 Å². The largest absolute Gasteiger partial charge is 0.457 e. The number of rotatable bonds is 2. The molecule has 0 heterocycles. The molecule has 0 aromatic heterocycles. The minimum Gasteiger partial charge on any atom is -0.457 e. The van der Waals surface area contributed by atoms with Crippen LogP contribution in [-0.2, 0) is 0 Å². The summed E-state index contributed by atoms with van der Waals surface area (Å²) < 4.78 is 5.68. The smallest absolute Gasteiger partial charge is 0.127 e. The summed E-state index contributed by atoms with van der Waals surface area (Å²) in [6.07, 6.45) is 0. The molecule has 0 aliphatic carbocycles. The lowest BCUT2D eigenvalue weighted by Gasteiger charge is -2.05. The van der Waals surface area contributed by atoms with Crippen LogP contribution in [0.2, 0.25) is 0 Å². The van der Waals surface area contributed by atoms with Gasteiger partial charge in [-0.25, -0.2) is 0 Å². The fraction of sp³-hybridized carbons (Fsp3) is 0.0667. The zero-order valence-electron chi connectivity index (χ0n) is 9.69. The first-order valence-electron chi connectivity index (χ1n) is 5.46. The third-order valence-electron chi connectivity index (χ3n) is 2.27. The fourth-order valence-electron chi connectivity index (χ4n) is 1.41. The van der Waals surface area contributed by atoms with Crippen LogP contribution in [0.5, 0.6) is 11.5 Å². The highest BCUT2D eigenvalue weighted by atomic mass is 79.9. The van der Waals surface area contributed by atoms with E-state index in [4.69, 9.17) is 10.5 Å². The van der Waals surface area contributed by atoms with Crippen LogP contribution < -0.4 is 10.5 Å². The highest BCUT2D eigenvalue weighted by molar-refractivity contribution is 9.09. The molecule has 3 heteroatoms. The molecule has 0 atom stereocenters. The molecule has 0 aliphatic rings. The molecule has 0 aliphatic heterocycles. The highest BCUT2D eigenvalue weighted by Crippen LogP contribution is 2.22. The molecule has 2 N–H and O–H groups in total. The Kier molecular flexibility index (Phi) is 4.27. The van der Waals surface area contributed by atoms with Crippen molar-refractivity contribution in [1.82, 2.24) is 0 Å². The lowest BCUT2D eigenvalue weighted by molar-refractivity contribution is 0.483. The summed E-state index contributed by atoms with van der Waals surface area (Å²) in [5.74, 6) is 7.52. The molecule has 0 fully saturated rings. The van der Waals surface area contributed by atoms with Gasteiger partial charge < -0.3 is 10.5 Å². The second-order valence-electron chi connectivity index (χ2n) is 3.63. The van der Waals surface area contributed by atoms with Gasteiger partial charge in [-0.1, -0.05) is 27.8 Å². The van der Waals surface area contributed by atoms with Gasteiger partial charge in [-0.15, -0.1) is 0 Å². The fourth-order valence-corrected chi connectivity index (χ4v) is 1.55. The van der Waals surface area contributed by atoms with Gasteiger partial charge in [0.05, 0.1) is 5.33 Å². The van der Waals surface area contributed by atoms with E-state index in [1.807, 2.05) is 48.5 Å². The first-order valence-corrected chi connectivity index (χ1v) is 6.58. The number of anilines is 1. The molecule has 2 rings (SSSR count). The molecule has 0 radical (unpaired) electrons. The summed E-state index contributed by atoms with van der Waals surface area (Å²) in [7, 11) is 0. The van der Waals surface area contributed by atoms with E-state index in [2.05, 4.69) is 27.8 Å². The summed E-state index contributed by atoms with van der Waals surface area (Å²) in [6.45, 7) is 0. The maximum atomic E-state index is 5.68. The monoisotopic (exact) mass is 301 g/mol. The Labute approximate surface area is 115 Å². The summed E-state index contributed by atoms with van der Waals surface area (Å²) in [5.41, 5.74) is 7.31. The minimum atomic E-state index is 0.677. The molecule has 90 valence electrons. The van der Waals surface area contributed by atoms with Crippen molar-refractivity contribution < 1.29 is 4.74 Å². The molecule has 0 unspecified atom stereocenters. The van der Waals surface area contributed by atoms with Crippen molar-refractivity contribution in [3.8, 4) is 23.3 Å². The standard InChI is InChI=1S/C15H12BrNO/c16-11-1-2-12-3-7-14(8-4-12)18-15-9-5-13(17)6-10-15/h3-10H,11,17H2. The summed E-state index contributed by atoms with van der Waals surface area (Å²) in [4.78, 5) is 0. The SMILES string of the molecule is Nc1ccc(Oc2ccc(C#CCBr)cc2)cc1.